The van der Waals surface area contributed by atoms with Crippen LogP contribution in [0.1, 0.15) is 44.6 Å². The third-order valence-corrected chi connectivity index (χ3v) is 7.07. The van der Waals surface area contributed by atoms with Crippen LogP contribution < -0.4 is 5.32 Å². The van der Waals surface area contributed by atoms with Crippen molar-refractivity contribution in [1.82, 2.24) is 9.62 Å². The summed E-state index contributed by atoms with van der Waals surface area (Å²) in [4.78, 5) is 12.3. The Morgan fingerprint density at radius 1 is 1.15 bits per heavy atom. The smallest absolute Gasteiger partial charge is 0.262 e. The molecule has 0 saturated carbocycles. The van der Waals surface area contributed by atoms with Gasteiger partial charge in [0.2, 0.25) is 15.9 Å². The minimum atomic E-state index is -4.10. The van der Waals surface area contributed by atoms with Crippen LogP contribution in [-0.2, 0) is 14.8 Å². The summed E-state index contributed by atoms with van der Waals surface area (Å²) in [5.74, 6) is -3.48. The Bertz CT molecular complexity index is 793. The molecule has 2 fully saturated rings. The number of hydrogen-bond donors (Lipinski definition) is 1. The summed E-state index contributed by atoms with van der Waals surface area (Å²) in [6.07, 6.45) is 0.232. The summed E-state index contributed by atoms with van der Waals surface area (Å²) in [7, 11) is -4.10. The number of benzene rings is 1. The molecule has 8 heteroatoms. The summed E-state index contributed by atoms with van der Waals surface area (Å²) in [5.41, 5.74) is -0.388. The van der Waals surface area contributed by atoms with Gasteiger partial charge in [0.15, 0.2) is 0 Å². The molecule has 144 valence electrons. The lowest BCUT2D eigenvalue weighted by Crippen LogP contribution is -2.61. The van der Waals surface area contributed by atoms with Crippen LogP contribution in [0.15, 0.2) is 29.2 Å². The Morgan fingerprint density at radius 2 is 1.81 bits per heavy atom. The van der Waals surface area contributed by atoms with E-state index in [0.29, 0.717) is 13.0 Å². The van der Waals surface area contributed by atoms with Crippen LogP contribution in [0, 0.1) is 5.41 Å². The van der Waals surface area contributed by atoms with E-state index in [1.807, 2.05) is 13.8 Å². The average Bonchev–Trinajstić information content (AvgIpc) is 2.56. The lowest BCUT2D eigenvalue weighted by atomic mass is 9.73. The number of hydrogen-bond acceptors (Lipinski definition) is 3. The summed E-state index contributed by atoms with van der Waals surface area (Å²) < 4.78 is 55.5. The highest BCUT2D eigenvalue weighted by atomic mass is 32.2. The molecule has 0 radical (unpaired) electrons. The fraction of sp³-hybridized carbons (Fsp3) is 0.611. The van der Waals surface area contributed by atoms with Gasteiger partial charge in [-0.25, -0.2) is 17.2 Å². The number of rotatable bonds is 3. The fourth-order valence-corrected chi connectivity index (χ4v) is 5.41. The maximum absolute atomic E-state index is 14.4. The zero-order valence-corrected chi connectivity index (χ0v) is 15.8. The first-order valence-electron chi connectivity index (χ1n) is 8.82. The quantitative estimate of drug-likeness (QED) is 0.869. The van der Waals surface area contributed by atoms with Crippen LogP contribution in [0.4, 0.5) is 8.78 Å². The van der Waals surface area contributed by atoms with Crippen molar-refractivity contribution in [2.75, 3.05) is 19.6 Å². The molecular weight excluding hydrogens is 362 g/mol. The molecule has 5 nitrogen and oxygen atoms in total. The third-order valence-electron chi connectivity index (χ3n) is 5.27. The number of sulfonamides is 1. The first kappa shape index (κ1) is 19.2. The Kier molecular flexibility index (Phi) is 4.85. The molecule has 0 bridgehead atoms. The number of amides is 1. The monoisotopic (exact) mass is 386 g/mol. The lowest BCUT2D eigenvalue weighted by molar-refractivity contribution is -0.151. The molecule has 2 aliphatic rings. The van der Waals surface area contributed by atoms with Gasteiger partial charge >= 0.3 is 0 Å². The van der Waals surface area contributed by atoms with Gasteiger partial charge in [-0.05, 0) is 36.5 Å². The largest absolute Gasteiger partial charge is 0.356 e. The highest BCUT2D eigenvalue weighted by Gasteiger charge is 2.56. The SMILES string of the molecule is CC(C)c1ccc(S(=O)(=O)N2CC(F)(F)C[C@@]3(CCCNC3=O)C2)cc1. The van der Waals surface area contributed by atoms with Gasteiger partial charge in [-0.2, -0.15) is 4.31 Å². The standard InChI is InChI=1S/C18H24F2N2O3S/c1-13(2)14-4-6-15(7-5-14)26(24,25)22-11-17(10-18(19,20)12-22)8-3-9-21-16(17)23/h4-7,13H,3,8-12H2,1-2H3,(H,21,23)/t17-/m0/s1. The molecule has 1 aromatic rings. The minimum Gasteiger partial charge on any atom is -0.356 e. The first-order valence-corrected chi connectivity index (χ1v) is 10.3. The average molecular weight is 386 g/mol. The van der Waals surface area contributed by atoms with E-state index < -0.39 is 40.2 Å². The zero-order chi connectivity index (χ0) is 19.2. The molecule has 1 N–H and O–H groups in total. The van der Waals surface area contributed by atoms with Gasteiger partial charge < -0.3 is 5.32 Å². The maximum Gasteiger partial charge on any atom is 0.262 e. The van der Waals surface area contributed by atoms with Gasteiger partial charge in [-0.3, -0.25) is 4.79 Å². The number of nitrogens with zero attached hydrogens (tertiary/aromatic N) is 1. The second kappa shape index (κ2) is 6.56. The summed E-state index contributed by atoms with van der Waals surface area (Å²) in [5, 5.41) is 2.62. The lowest BCUT2D eigenvalue weighted by Gasteiger charge is -2.46. The highest BCUT2D eigenvalue weighted by molar-refractivity contribution is 7.89. The number of halogens is 2. The Labute approximate surface area is 152 Å². The number of carbonyl (C=O) groups excluding carboxylic acids is 1. The molecule has 0 unspecified atom stereocenters. The second-order valence-electron chi connectivity index (χ2n) is 7.67. The molecule has 0 aromatic heterocycles. The molecule has 2 saturated heterocycles. The van der Waals surface area contributed by atoms with E-state index in [1.54, 1.807) is 12.1 Å². The van der Waals surface area contributed by atoms with Crippen molar-refractivity contribution in [1.29, 1.82) is 0 Å². The predicted octanol–water partition coefficient (Wildman–Crippen LogP) is 2.74. The van der Waals surface area contributed by atoms with E-state index in [2.05, 4.69) is 5.32 Å². The molecule has 1 atom stereocenters. The molecule has 26 heavy (non-hydrogen) atoms. The predicted molar refractivity (Wildman–Crippen MR) is 93.5 cm³/mol. The Morgan fingerprint density at radius 3 is 2.38 bits per heavy atom. The number of nitrogens with one attached hydrogen (secondary N) is 1. The zero-order valence-electron chi connectivity index (χ0n) is 15.0. The van der Waals surface area contributed by atoms with E-state index in [9.17, 15) is 22.0 Å². The van der Waals surface area contributed by atoms with Gasteiger partial charge in [0, 0.05) is 19.5 Å². The Balaban J connectivity index is 1.94. The number of carbonyl (C=O) groups is 1. The molecule has 0 aliphatic carbocycles. The summed E-state index contributed by atoms with van der Waals surface area (Å²) in [6.45, 7) is 3.31. The molecular formula is C18H24F2N2O3S. The van der Waals surface area contributed by atoms with Gasteiger partial charge in [-0.15, -0.1) is 0 Å². The highest BCUT2D eigenvalue weighted by Crippen LogP contribution is 2.44. The molecule has 3 rings (SSSR count). The van der Waals surface area contributed by atoms with Gasteiger partial charge in [0.05, 0.1) is 16.9 Å². The van der Waals surface area contributed by atoms with E-state index >= 15 is 0 Å². The van der Waals surface area contributed by atoms with Crippen LogP contribution in [-0.4, -0.2) is 44.2 Å². The third kappa shape index (κ3) is 3.49. The summed E-state index contributed by atoms with van der Waals surface area (Å²) in [6, 6.07) is 6.29. The van der Waals surface area contributed by atoms with E-state index in [-0.39, 0.29) is 23.8 Å². The topological polar surface area (TPSA) is 66.5 Å². The second-order valence-corrected chi connectivity index (χ2v) is 9.61. The van der Waals surface area contributed by atoms with Crippen molar-refractivity contribution in [2.45, 2.75) is 49.8 Å². The van der Waals surface area contributed by atoms with E-state index in [0.717, 1.165) is 9.87 Å². The number of alkyl halides is 2. The van der Waals surface area contributed by atoms with E-state index in [4.69, 9.17) is 0 Å². The van der Waals surface area contributed by atoms with E-state index in [1.165, 1.54) is 12.1 Å². The van der Waals surface area contributed by atoms with Crippen molar-refractivity contribution in [3.05, 3.63) is 29.8 Å². The number of piperidine rings is 2. The van der Waals surface area contributed by atoms with Crippen LogP contribution in [0.2, 0.25) is 0 Å². The van der Waals surface area contributed by atoms with Crippen molar-refractivity contribution >= 4 is 15.9 Å². The normalized spacial score (nSPS) is 26.9. The maximum atomic E-state index is 14.4. The first-order chi connectivity index (χ1) is 12.1. The molecule has 2 heterocycles. The fourth-order valence-electron chi connectivity index (χ4n) is 3.85. The van der Waals surface area contributed by atoms with Gasteiger partial charge in [-0.1, -0.05) is 26.0 Å². The Hall–Kier alpha value is -1.54. The van der Waals surface area contributed by atoms with Crippen LogP contribution >= 0.6 is 0 Å². The summed E-state index contributed by atoms with van der Waals surface area (Å²) >= 11 is 0. The van der Waals surface area contributed by atoms with Gasteiger partial charge in [0.25, 0.3) is 5.92 Å². The minimum absolute atomic E-state index is 0.0223. The molecule has 2 aliphatic heterocycles. The van der Waals surface area contributed by atoms with Crippen molar-refractivity contribution < 1.29 is 22.0 Å². The van der Waals surface area contributed by atoms with Crippen molar-refractivity contribution in [3.8, 4) is 0 Å². The van der Waals surface area contributed by atoms with Crippen LogP contribution in [0.25, 0.3) is 0 Å². The molecule has 1 amide bonds. The van der Waals surface area contributed by atoms with Crippen LogP contribution in [0.5, 0.6) is 0 Å². The molecule has 1 aromatic carbocycles. The van der Waals surface area contributed by atoms with Crippen molar-refractivity contribution in [2.24, 2.45) is 5.41 Å². The molecule has 1 spiro atoms. The van der Waals surface area contributed by atoms with Gasteiger partial charge in [0.1, 0.15) is 0 Å². The van der Waals surface area contributed by atoms with Crippen molar-refractivity contribution in [3.63, 3.8) is 0 Å². The van der Waals surface area contributed by atoms with Crippen LogP contribution in [0.3, 0.4) is 0 Å².